The minimum Gasteiger partial charge on any atom is -0.443 e. The molecule has 0 spiro atoms. The van der Waals surface area contributed by atoms with E-state index in [1.165, 1.54) is 17.2 Å². The Labute approximate surface area is 235 Å². The van der Waals surface area contributed by atoms with Crippen LogP contribution in [0.25, 0.3) is 0 Å². The fourth-order valence-electron chi connectivity index (χ4n) is 3.90. The molecule has 0 aliphatic rings. The van der Waals surface area contributed by atoms with E-state index in [-0.39, 0.29) is 0 Å². The van der Waals surface area contributed by atoms with Gasteiger partial charge in [0, 0.05) is 5.41 Å². The maximum atomic E-state index is 15.7. The summed E-state index contributed by atoms with van der Waals surface area (Å²) in [6.07, 6.45) is -1.96. The molecule has 206 valence electrons. The molecular weight excluding hydrogens is 513 g/mol. The van der Waals surface area contributed by atoms with Crippen molar-refractivity contribution in [3.8, 4) is 0 Å². The van der Waals surface area contributed by atoms with Crippen LogP contribution >= 0.6 is 11.8 Å². The van der Waals surface area contributed by atoms with E-state index in [0.29, 0.717) is 4.90 Å². The Morgan fingerprint density at radius 2 is 1.03 bits per heavy atom. The van der Waals surface area contributed by atoms with Crippen molar-refractivity contribution in [2.45, 2.75) is 57.5 Å². The highest BCUT2D eigenvalue weighted by atomic mass is 32.2. The molecule has 0 N–H and O–H groups in total. The molecule has 0 saturated carbocycles. The lowest BCUT2D eigenvalue weighted by molar-refractivity contribution is 0.00232. The Hall–Kier alpha value is -3.58. The second-order valence-corrected chi connectivity index (χ2v) is 12.1. The largest absolute Gasteiger partial charge is 0.443 e. The van der Waals surface area contributed by atoms with Gasteiger partial charge in [0.15, 0.2) is 0 Å². The van der Waals surface area contributed by atoms with Gasteiger partial charge in [-0.05, 0) is 58.2 Å². The lowest BCUT2D eigenvalue weighted by atomic mass is 9.84. The molecule has 0 radical (unpaired) electrons. The molecule has 7 heteroatoms. The predicted octanol–water partition coefficient (Wildman–Crippen LogP) is 8.69. The molecule has 0 saturated heterocycles. The quantitative estimate of drug-likeness (QED) is 0.276. The van der Waals surface area contributed by atoms with Gasteiger partial charge < -0.3 is 9.47 Å². The van der Waals surface area contributed by atoms with Gasteiger partial charge in [-0.3, -0.25) is 0 Å². The molecule has 0 unspecified atom stereocenters. The number of imide groups is 1. The van der Waals surface area contributed by atoms with Crippen LogP contribution in [0.5, 0.6) is 0 Å². The van der Waals surface area contributed by atoms with E-state index in [1.807, 2.05) is 91.0 Å². The second kappa shape index (κ2) is 12.5. The van der Waals surface area contributed by atoms with Crippen LogP contribution in [0, 0.1) is 0 Å². The molecule has 3 rings (SSSR count). The van der Waals surface area contributed by atoms with E-state index in [4.69, 9.17) is 9.47 Å². The van der Waals surface area contributed by atoms with Crippen molar-refractivity contribution in [3.05, 3.63) is 119 Å². The van der Waals surface area contributed by atoms with Gasteiger partial charge >= 0.3 is 12.2 Å². The number of rotatable bonds is 7. The first-order valence-electron chi connectivity index (χ1n) is 12.7. The molecule has 0 aromatic heterocycles. The van der Waals surface area contributed by atoms with E-state index < -0.39 is 40.5 Å². The van der Waals surface area contributed by atoms with E-state index in [0.717, 1.165) is 16.7 Å². The smallest absolute Gasteiger partial charge is 0.420 e. The van der Waals surface area contributed by atoms with Gasteiger partial charge in [0.2, 0.25) is 0 Å². The van der Waals surface area contributed by atoms with Gasteiger partial charge in [-0.25, -0.2) is 18.9 Å². The molecule has 2 amide bonds. The molecule has 0 atom stereocenters. The minimum absolute atomic E-state index is 0.634. The molecule has 39 heavy (non-hydrogen) atoms. The molecule has 3 aromatic carbocycles. The molecule has 0 aliphatic carbocycles. The van der Waals surface area contributed by atoms with Crippen molar-refractivity contribution in [2.75, 3.05) is 6.54 Å². The maximum absolute atomic E-state index is 15.7. The standard InChI is InChI=1S/C32H36FNO4S/c1-30(2,3)37-28(35)34(29(36)38-31(4,5)6)22-27(33)23-39-32(24-16-10-7-11-17-24,25-18-12-8-13-19-25)26-20-14-9-15-21-26/h7-21,23H,22H2,1-6H3/b27-23-. The number of amides is 2. The molecule has 5 nitrogen and oxygen atoms in total. The number of hydrogen-bond donors (Lipinski definition) is 0. The van der Waals surface area contributed by atoms with Crippen molar-refractivity contribution in [1.29, 1.82) is 0 Å². The third-order valence-corrected chi connectivity index (χ3v) is 6.88. The number of nitrogens with zero attached hydrogens (tertiary/aromatic N) is 1. The average Bonchev–Trinajstić information content (AvgIpc) is 2.87. The van der Waals surface area contributed by atoms with Crippen molar-refractivity contribution in [1.82, 2.24) is 4.90 Å². The zero-order valence-corrected chi connectivity index (χ0v) is 24.1. The highest BCUT2D eigenvalue weighted by Crippen LogP contribution is 2.49. The third kappa shape index (κ3) is 8.20. The summed E-state index contributed by atoms with van der Waals surface area (Å²) in [5.74, 6) is -0.691. The first kappa shape index (κ1) is 30.0. The normalized spacial score (nSPS) is 12.5. The fraction of sp³-hybridized carbons (Fsp3) is 0.312. The summed E-state index contributed by atoms with van der Waals surface area (Å²) in [5, 5.41) is 1.36. The number of halogens is 1. The summed E-state index contributed by atoms with van der Waals surface area (Å²) in [4.78, 5) is 26.4. The highest BCUT2D eigenvalue weighted by Gasteiger charge is 2.37. The van der Waals surface area contributed by atoms with Crippen LogP contribution in [0.4, 0.5) is 14.0 Å². The van der Waals surface area contributed by atoms with E-state index in [9.17, 15) is 9.59 Å². The summed E-state index contributed by atoms with van der Waals surface area (Å²) in [5.41, 5.74) is 1.10. The van der Waals surface area contributed by atoms with Gasteiger partial charge in [-0.15, -0.1) is 11.8 Å². The van der Waals surface area contributed by atoms with Crippen LogP contribution in [0.2, 0.25) is 0 Å². The Morgan fingerprint density at radius 3 is 1.33 bits per heavy atom. The van der Waals surface area contributed by atoms with Gasteiger partial charge in [0.05, 0.1) is 11.3 Å². The van der Waals surface area contributed by atoms with Crippen LogP contribution in [0.1, 0.15) is 58.2 Å². The van der Waals surface area contributed by atoms with Gasteiger partial charge in [0.25, 0.3) is 0 Å². The van der Waals surface area contributed by atoms with Crippen LogP contribution in [-0.2, 0) is 14.2 Å². The average molecular weight is 550 g/mol. The zero-order valence-electron chi connectivity index (χ0n) is 23.3. The van der Waals surface area contributed by atoms with Crippen molar-refractivity contribution in [3.63, 3.8) is 0 Å². The number of thioether (sulfide) groups is 1. The van der Waals surface area contributed by atoms with Crippen LogP contribution < -0.4 is 0 Å². The zero-order chi connectivity index (χ0) is 28.7. The number of benzene rings is 3. The lowest BCUT2D eigenvalue weighted by Gasteiger charge is -2.34. The maximum Gasteiger partial charge on any atom is 0.420 e. The third-order valence-electron chi connectivity index (χ3n) is 5.44. The Kier molecular flexibility index (Phi) is 9.62. The SMILES string of the molecule is CC(C)(C)OC(=O)N(C/C(F)=C/SC(c1ccccc1)(c1ccccc1)c1ccccc1)C(=O)OC(C)(C)C. The van der Waals surface area contributed by atoms with Crippen LogP contribution in [-0.4, -0.2) is 34.8 Å². The molecular formula is C32H36FNO4S. The van der Waals surface area contributed by atoms with Crippen LogP contribution in [0.15, 0.2) is 102 Å². The molecule has 0 bridgehead atoms. The second-order valence-electron chi connectivity index (χ2n) is 11.0. The predicted molar refractivity (Wildman–Crippen MR) is 155 cm³/mol. The van der Waals surface area contributed by atoms with E-state index in [2.05, 4.69) is 0 Å². The number of hydrogen-bond acceptors (Lipinski definition) is 5. The minimum atomic E-state index is -0.981. The van der Waals surface area contributed by atoms with Crippen LogP contribution in [0.3, 0.4) is 0 Å². The Bertz CT molecular complexity index is 1140. The molecule has 0 fully saturated rings. The lowest BCUT2D eigenvalue weighted by Crippen LogP contribution is -2.44. The molecule has 0 aliphatic heterocycles. The van der Waals surface area contributed by atoms with Crippen molar-refractivity contribution in [2.24, 2.45) is 0 Å². The molecule has 0 heterocycles. The van der Waals surface area contributed by atoms with E-state index >= 15 is 4.39 Å². The van der Waals surface area contributed by atoms with Gasteiger partial charge in [-0.1, -0.05) is 91.0 Å². The topological polar surface area (TPSA) is 55.8 Å². The Morgan fingerprint density at radius 1 is 0.692 bits per heavy atom. The van der Waals surface area contributed by atoms with Crippen molar-refractivity contribution >= 4 is 23.9 Å². The number of ether oxygens (including phenoxy) is 2. The number of carbonyl (C=O) groups excluding carboxylic acids is 2. The fourth-order valence-corrected chi connectivity index (χ4v) is 5.10. The summed E-state index contributed by atoms with van der Waals surface area (Å²) in [7, 11) is 0. The number of carbonyl (C=O) groups is 2. The summed E-state index contributed by atoms with van der Waals surface area (Å²) in [6, 6.07) is 29.5. The Balaban J connectivity index is 2.05. The highest BCUT2D eigenvalue weighted by molar-refractivity contribution is 8.03. The van der Waals surface area contributed by atoms with Crippen molar-refractivity contribution < 1.29 is 23.5 Å². The summed E-state index contributed by atoms with van der Waals surface area (Å²) < 4.78 is 25.6. The first-order chi connectivity index (χ1) is 18.3. The molecule has 3 aromatic rings. The van der Waals surface area contributed by atoms with E-state index in [1.54, 1.807) is 41.5 Å². The monoisotopic (exact) mass is 549 g/mol. The van der Waals surface area contributed by atoms with Gasteiger partial charge in [-0.2, -0.15) is 0 Å². The first-order valence-corrected chi connectivity index (χ1v) is 13.6. The summed E-state index contributed by atoms with van der Waals surface area (Å²) in [6.45, 7) is 9.41. The summed E-state index contributed by atoms with van der Waals surface area (Å²) >= 11 is 1.26. The van der Waals surface area contributed by atoms with Gasteiger partial charge in [0.1, 0.15) is 17.0 Å².